The summed E-state index contributed by atoms with van der Waals surface area (Å²) in [5.74, 6) is 2.53. The Balaban J connectivity index is 2.01. The van der Waals surface area contributed by atoms with E-state index >= 15 is 0 Å². The third-order valence-electron chi connectivity index (χ3n) is 1.92. The van der Waals surface area contributed by atoms with E-state index in [0.717, 1.165) is 19.4 Å². The van der Waals surface area contributed by atoms with Crippen LogP contribution in [-0.2, 0) is 9.47 Å². The summed E-state index contributed by atoms with van der Waals surface area (Å²) in [6, 6.07) is 0. The molecule has 1 atom stereocenters. The van der Waals surface area contributed by atoms with Crippen LogP contribution in [0.2, 0.25) is 0 Å². The van der Waals surface area contributed by atoms with Crippen LogP contribution in [-0.4, -0.2) is 19.5 Å². The lowest BCUT2D eigenvalue weighted by Gasteiger charge is -2.21. The van der Waals surface area contributed by atoms with Crippen molar-refractivity contribution in [3.63, 3.8) is 0 Å². The summed E-state index contributed by atoms with van der Waals surface area (Å²) in [5, 5.41) is 0. The molecule has 0 aromatic heterocycles. The maximum absolute atomic E-state index is 5.45. The number of rotatable bonds is 4. The second-order valence-electron chi connectivity index (χ2n) is 3.01. The van der Waals surface area contributed by atoms with Gasteiger partial charge in [-0.15, -0.1) is 12.3 Å². The Morgan fingerprint density at radius 1 is 1.46 bits per heavy atom. The minimum atomic E-state index is 0.00392. The second-order valence-corrected chi connectivity index (χ2v) is 3.01. The first-order valence-electron chi connectivity index (χ1n) is 4.75. The van der Waals surface area contributed by atoms with Gasteiger partial charge in [0.1, 0.15) is 0 Å². The molecule has 0 amide bonds. The van der Waals surface area contributed by atoms with Gasteiger partial charge in [0, 0.05) is 13.0 Å². The maximum Gasteiger partial charge on any atom is 0.157 e. The third kappa shape index (κ3) is 4.72. The molecule has 0 radical (unpaired) electrons. The van der Waals surface area contributed by atoms with Crippen molar-refractivity contribution in [2.45, 2.75) is 32.0 Å². The van der Waals surface area contributed by atoms with Crippen molar-refractivity contribution < 1.29 is 9.47 Å². The molecule has 72 valence electrons. The number of hydrogen-bond acceptors (Lipinski definition) is 2. The summed E-state index contributed by atoms with van der Waals surface area (Å²) in [5.41, 5.74) is 0. The standard InChI is InChI=1S/C11H16O2/c1-2-3-4-6-9-12-11-8-5-7-10-13-11/h1,4,6,11H,3,5,7-10H2. The maximum atomic E-state index is 5.45. The van der Waals surface area contributed by atoms with E-state index in [0.29, 0.717) is 13.0 Å². The summed E-state index contributed by atoms with van der Waals surface area (Å²) in [6.07, 6.45) is 13.0. The van der Waals surface area contributed by atoms with E-state index in [-0.39, 0.29) is 6.29 Å². The van der Waals surface area contributed by atoms with Crippen LogP contribution in [0.15, 0.2) is 12.2 Å². The lowest BCUT2D eigenvalue weighted by molar-refractivity contribution is -0.155. The second kappa shape index (κ2) is 6.71. The fourth-order valence-corrected chi connectivity index (χ4v) is 1.22. The topological polar surface area (TPSA) is 18.5 Å². The van der Waals surface area contributed by atoms with Crippen LogP contribution in [0.5, 0.6) is 0 Å². The smallest absolute Gasteiger partial charge is 0.157 e. The van der Waals surface area contributed by atoms with Crippen molar-refractivity contribution >= 4 is 0 Å². The molecule has 2 nitrogen and oxygen atoms in total. The van der Waals surface area contributed by atoms with Gasteiger partial charge in [0.2, 0.25) is 0 Å². The van der Waals surface area contributed by atoms with Gasteiger partial charge < -0.3 is 9.47 Å². The number of ether oxygens (including phenoxy) is 2. The SMILES string of the molecule is C#CCC=CCOC1CCCCO1. The van der Waals surface area contributed by atoms with Crippen LogP contribution < -0.4 is 0 Å². The van der Waals surface area contributed by atoms with Gasteiger partial charge >= 0.3 is 0 Å². The molecule has 1 aliphatic rings. The zero-order chi connectivity index (χ0) is 9.36. The summed E-state index contributed by atoms with van der Waals surface area (Å²) < 4.78 is 10.8. The lowest BCUT2D eigenvalue weighted by atomic mass is 10.2. The fraction of sp³-hybridized carbons (Fsp3) is 0.636. The van der Waals surface area contributed by atoms with E-state index in [2.05, 4.69) is 5.92 Å². The Hall–Kier alpha value is -0.780. The monoisotopic (exact) mass is 180 g/mol. The van der Waals surface area contributed by atoms with Gasteiger partial charge in [-0.3, -0.25) is 0 Å². The van der Waals surface area contributed by atoms with E-state index < -0.39 is 0 Å². The largest absolute Gasteiger partial charge is 0.353 e. The van der Waals surface area contributed by atoms with E-state index in [1.165, 1.54) is 6.42 Å². The van der Waals surface area contributed by atoms with Crippen molar-refractivity contribution in [3.05, 3.63) is 12.2 Å². The van der Waals surface area contributed by atoms with Gasteiger partial charge in [-0.25, -0.2) is 0 Å². The van der Waals surface area contributed by atoms with Crippen molar-refractivity contribution in [1.29, 1.82) is 0 Å². The van der Waals surface area contributed by atoms with Crippen molar-refractivity contribution in [3.8, 4) is 12.3 Å². The van der Waals surface area contributed by atoms with E-state index in [4.69, 9.17) is 15.9 Å². The Bertz CT molecular complexity index is 185. The van der Waals surface area contributed by atoms with Gasteiger partial charge in [-0.1, -0.05) is 12.2 Å². The molecule has 1 heterocycles. The molecule has 1 fully saturated rings. The average molecular weight is 180 g/mol. The van der Waals surface area contributed by atoms with Crippen molar-refractivity contribution in [1.82, 2.24) is 0 Å². The molecule has 1 unspecified atom stereocenters. The molecule has 0 bridgehead atoms. The van der Waals surface area contributed by atoms with E-state index in [1.54, 1.807) is 0 Å². The molecule has 0 spiro atoms. The first-order chi connectivity index (χ1) is 6.43. The molecule has 0 aliphatic carbocycles. The summed E-state index contributed by atoms with van der Waals surface area (Å²) in [7, 11) is 0. The third-order valence-corrected chi connectivity index (χ3v) is 1.92. The molecule has 0 N–H and O–H groups in total. The van der Waals surface area contributed by atoms with Crippen molar-refractivity contribution in [2.75, 3.05) is 13.2 Å². The zero-order valence-corrected chi connectivity index (χ0v) is 7.87. The van der Waals surface area contributed by atoms with Crippen LogP contribution in [0.3, 0.4) is 0 Å². The molecule has 13 heavy (non-hydrogen) atoms. The highest BCUT2D eigenvalue weighted by molar-refractivity contribution is 4.96. The minimum Gasteiger partial charge on any atom is -0.353 e. The average Bonchev–Trinajstić information content (AvgIpc) is 2.19. The molecule has 2 heteroatoms. The quantitative estimate of drug-likeness (QED) is 0.487. The van der Waals surface area contributed by atoms with Crippen LogP contribution in [0.25, 0.3) is 0 Å². The summed E-state index contributed by atoms with van der Waals surface area (Å²) in [6.45, 7) is 1.44. The number of hydrogen-bond donors (Lipinski definition) is 0. The number of allylic oxidation sites excluding steroid dienone is 1. The van der Waals surface area contributed by atoms with Gasteiger partial charge in [-0.2, -0.15) is 0 Å². The highest BCUT2D eigenvalue weighted by Gasteiger charge is 2.12. The molecule has 1 aliphatic heterocycles. The molecule has 0 aromatic rings. The predicted octanol–water partition coefficient (Wildman–Crippen LogP) is 2.11. The van der Waals surface area contributed by atoms with Crippen LogP contribution in [0.1, 0.15) is 25.7 Å². The highest BCUT2D eigenvalue weighted by Crippen LogP contribution is 2.13. The predicted molar refractivity (Wildman–Crippen MR) is 52.1 cm³/mol. The van der Waals surface area contributed by atoms with Gasteiger partial charge in [0.05, 0.1) is 6.61 Å². The fourth-order valence-electron chi connectivity index (χ4n) is 1.22. The molecule has 1 rings (SSSR count). The molecular formula is C11H16O2. The lowest BCUT2D eigenvalue weighted by Crippen LogP contribution is -2.22. The first kappa shape index (κ1) is 10.3. The Kier molecular flexibility index (Phi) is 5.31. The molecule has 0 aromatic carbocycles. The zero-order valence-electron chi connectivity index (χ0n) is 7.87. The van der Waals surface area contributed by atoms with Crippen LogP contribution in [0, 0.1) is 12.3 Å². The summed E-state index contributed by atoms with van der Waals surface area (Å²) >= 11 is 0. The van der Waals surface area contributed by atoms with Gasteiger partial charge in [0.25, 0.3) is 0 Å². The molecule has 0 saturated carbocycles. The Labute approximate surface area is 79.9 Å². The minimum absolute atomic E-state index is 0.00392. The van der Waals surface area contributed by atoms with Gasteiger partial charge in [-0.05, 0) is 19.3 Å². The van der Waals surface area contributed by atoms with Gasteiger partial charge in [0.15, 0.2) is 6.29 Å². The first-order valence-corrected chi connectivity index (χ1v) is 4.75. The van der Waals surface area contributed by atoms with E-state index in [9.17, 15) is 0 Å². The Morgan fingerprint density at radius 3 is 3.08 bits per heavy atom. The van der Waals surface area contributed by atoms with Crippen molar-refractivity contribution in [2.24, 2.45) is 0 Å². The molecular weight excluding hydrogens is 164 g/mol. The summed E-state index contributed by atoms with van der Waals surface area (Å²) in [4.78, 5) is 0. The molecule has 1 saturated heterocycles. The number of terminal acetylenes is 1. The van der Waals surface area contributed by atoms with E-state index in [1.807, 2.05) is 12.2 Å². The van der Waals surface area contributed by atoms with Crippen LogP contribution in [0.4, 0.5) is 0 Å². The normalized spacial score (nSPS) is 23.2. The van der Waals surface area contributed by atoms with Crippen LogP contribution >= 0.6 is 0 Å². The Morgan fingerprint density at radius 2 is 2.38 bits per heavy atom. The highest BCUT2D eigenvalue weighted by atomic mass is 16.7.